The summed E-state index contributed by atoms with van der Waals surface area (Å²) >= 11 is 0. The number of rotatable bonds is 11. The molecule has 23 heavy (non-hydrogen) atoms. The van der Waals surface area contributed by atoms with E-state index in [1.807, 2.05) is 18.7 Å². The lowest BCUT2D eigenvalue weighted by atomic mass is 9.98. The van der Waals surface area contributed by atoms with Gasteiger partial charge in [0.25, 0.3) is 0 Å². The number of aryl methyl sites for hydroxylation is 2. The molecule has 0 aliphatic rings. The highest BCUT2D eigenvalue weighted by Gasteiger charge is 2.05. The maximum atomic E-state index is 8.82. The van der Waals surface area contributed by atoms with Crippen LogP contribution < -0.4 is 5.32 Å². The standard InChI is InChI=1S/C19H29N3O/c1-17(15-20-10-4-12-22-13-11-21-16-22)19-8-6-18(7-9-19)5-2-3-14-23/h6-9,11,13,16-17,20,23H,2-5,10,12,14-15H2,1H3. The molecular formula is C19H29N3O. The number of unbranched alkanes of at least 4 members (excludes halogenated alkanes) is 1. The van der Waals surface area contributed by atoms with Gasteiger partial charge in [-0.15, -0.1) is 0 Å². The summed E-state index contributed by atoms with van der Waals surface area (Å²) in [6, 6.07) is 8.93. The minimum atomic E-state index is 0.293. The summed E-state index contributed by atoms with van der Waals surface area (Å²) in [5, 5.41) is 12.4. The fourth-order valence-corrected chi connectivity index (χ4v) is 2.70. The molecule has 1 unspecified atom stereocenters. The Labute approximate surface area is 139 Å². The topological polar surface area (TPSA) is 50.1 Å². The van der Waals surface area contributed by atoms with E-state index in [0.29, 0.717) is 12.5 Å². The van der Waals surface area contributed by atoms with Gasteiger partial charge in [-0.05, 0) is 49.3 Å². The summed E-state index contributed by atoms with van der Waals surface area (Å²) in [6.45, 7) is 5.62. The highest BCUT2D eigenvalue weighted by Crippen LogP contribution is 2.16. The van der Waals surface area contributed by atoms with E-state index >= 15 is 0 Å². The normalized spacial score (nSPS) is 12.4. The minimum absolute atomic E-state index is 0.293. The molecule has 0 spiro atoms. The number of nitrogens with zero attached hydrogens (tertiary/aromatic N) is 2. The average Bonchev–Trinajstić information content (AvgIpc) is 3.08. The van der Waals surface area contributed by atoms with Gasteiger partial charge in [-0.2, -0.15) is 0 Å². The van der Waals surface area contributed by atoms with Crippen molar-refractivity contribution in [2.75, 3.05) is 19.7 Å². The van der Waals surface area contributed by atoms with Crippen LogP contribution in [-0.2, 0) is 13.0 Å². The van der Waals surface area contributed by atoms with Gasteiger partial charge < -0.3 is 15.0 Å². The van der Waals surface area contributed by atoms with Gasteiger partial charge in [0, 0.05) is 32.1 Å². The molecule has 0 radical (unpaired) electrons. The molecule has 2 rings (SSSR count). The first-order valence-corrected chi connectivity index (χ1v) is 8.65. The Bertz CT molecular complexity index is 522. The molecule has 0 bridgehead atoms. The Morgan fingerprint density at radius 2 is 2.00 bits per heavy atom. The molecule has 0 fully saturated rings. The van der Waals surface area contributed by atoms with Crippen molar-refractivity contribution in [1.82, 2.24) is 14.9 Å². The van der Waals surface area contributed by atoms with Crippen LogP contribution in [0.5, 0.6) is 0 Å². The molecule has 2 N–H and O–H groups in total. The van der Waals surface area contributed by atoms with Gasteiger partial charge in [-0.1, -0.05) is 31.2 Å². The third kappa shape index (κ3) is 6.55. The third-order valence-electron chi connectivity index (χ3n) is 4.20. The Morgan fingerprint density at radius 3 is 2.70 bits per heavy atom. The lowest BCUT2D eigenvalue weighted by Crippen LogP contribution is -2.22. The smallest absolute Gasteiger partial charge is 0.0945 e. The zero-order valence-electron chi connectivity index (χ0n) is 14.1. The minimum Gasteiger partial charge on any atom is -0.396 e. The van der Waals surface area contributed by atoms with Crippen molar-refractivity contribution in [1.29, 1.82) is 0 Å². The Balaban J connectivity index is 1.63. The Kier molecular flexibility index (Phi) is 7.84. The molecule has 1 aromatic heterocycles. The first-order chi connectivity index (χ1) is 11.3. The van der Waals surface area contributed by atoms with Crippen molar-refractivity contribution in [3.05, 3.63) is 54.1 Å². The van der Waals surface area contributed by atoms with E-state index in [4.69, 9.17) is 5.11 Å². The molecule has 126 valence electrons. The SMILES string of the molecule is CC(CNCCCn1ccnc1)c1ccc(CCCCO)cc1. The number of aliphatic hydroxyl groups is 1. The van der Waals surface area contributed by atoms with Crippen LogP contribution >= 0.6 is 0 Å². The second-order valence-electron chi connectivity index (χ2n) is 6.18. The summed E-state index contributed by atoms with van der Waals surface area (Å²) in [5.41, 5.74) is 2.75. The number of nitrogens with one attached hydrogen (secondary N) is 1. The van der Waals surface area contributed by atoms with Gasteiger partial charge in [0.15, 0.2) is 0 Å². The zero-order chi connectivity index (χ0) is 16.3. The first kappa shape index (κ1) is 17.7. The van der Waals surface area contributed by atoms with Crippen molar-refractivity contribution < 1.29 is 5.11 Å². The molecule has 0 saturated heterocycles. The molecule has 0 aliphatic heterocycles. The third-order valence-corrected chi connectivity index (χ3v) is 4.20. The zero-order valence-corrected chi connectivity index (χ0v) is 14.1. The number of aliphatic hydroxyl groups excluding tert-OH is 1. The van der Waals surface area contributed by atoms with Crippen molar-refractivity contribution in [3.8, 4) is 0 Å². The number of hydrogen-bond donors (Lipinski definition) is 2. The van der Waals surface area contributed by atoms with Crippen LogP contribution in [0.15, 0.2) is 43.0 Å². The van der Waals surface area contributed by atoms with E-state index in [1.54, 1.807) is 0 Å². The Morgan fingerprint density at radius 1 is 1.17 bits per heavy atom. The van der Waals surface area contributed by atoms with Crippen LogP contribution in [0.25, 0.3) is 0 Å². The second-order valence-corrected chi connectivity index (χ2v) is 6.18. The fourth-order valence-electron chi connectivity index (χ4n) is 2.70. The summed E-state index contributed by atoms with van der Waals surface area (Å²) in [5.74, 6) is 0.523. The van der Waals surface area contributed by atoms with E-state index < -0.39 is 0 Å². The largest absolute Gasteiger partial charge is 0.396 e. The summed E-state index contributed by atoms with van der Waals surface area (Å²) < 4.78 is 2.11. The molecule has 1 aromatic carbocycles. The van der Waals surface area contributed by atoms with Crippen LogP contribution in [0.3, 0.4) is 0 Å². The van der Waals surface area contributed by atoms with Gasteiger partial charge >= 0.3 is 0 Å². The van der Waals surface area contributed by atoms with Crippen LogP contribution in [-0.4, -0.2) is 34.4 Å². The molecule has 1 atom stereocenters. The molecule has 4 nitrogen and oxygen atoms in total. The van der Waals surface area contributed by atoms with Crippen molar-refractivity contribution >= 4 is 0 Å². The van der Waals surface area contributed by atoms with E-state index in [2.05, 4.69) is 46.1 Å². The predicted octanol–water partition coefficient (Wildman–Crippen LogP) is 2.98. The van der Waals surface area contributed by atoms with Crippen molar-refractivity contribution in [2.24, 2.45) is 0 Å². The lowest BCUT2D eigenvalue weighted by Gasteiger charge is -2.14. The monoisotopic (exact) mass is 315 g/mol. The lowest BCUT2D eigenvalue weighted by molar-refractivity contribution is 0.284. The number of hydrogen-bond acceptors (Lipinski definition) is 3. The number of aromatic nitrogens is 2. The number of imidazole rings is 1. The predicted molar refractivity (Wildman–Crippen MR) is 94.6 cm³/mol. The molecule has 0 aliphatic carbocycles. The van der Waals surface area contributed by atoms with Crippen molar-refractivity contribution in [2.45, 2.75) is 45.1 Å². The molecule has 0 amide bonds. The maximum absolute atomic E-state index is 8.82. The number of benzene rings is 1. The van der Waals surface area contributed by atoms with Gasteiger partial charge in [0.2, 0.25) is 0 Å². The maximum Gasteiger partial charge on any atom is 0.0945 e. The first-order valence-electron chi connectivity index (χ1n) is 8.65. The van der Waals surface area contributed by atoms with Gasteiger partial charge in [-0.25, -0.2) is 4.98 Å². The molecule has 2 aromatic rings. The van der Waals surface area contributed by atoms with Gasteiger partial charge in [0.1, 0.15) is 0 Å². The van der Waals surface area contributed by atoms with Crippen LogP contribution in [0.4, 0.5) is 0 Å². The summed E-state index contributed by atoms with van der Waals surface area (Å²) in [6.07, 6.45) is 9.82. The Hall–Kier alpha value is -1.65. The average molecular weight is 315 g/mol. The second kappa shape index (κ2) is 10.2. The van der Waals surface area contributed by atoms with Crippen LogP contribution in [0, 0.1) is 0 Å². The summed E-state index contributed by atoms with van der Waals surface area (Å²) in [4.78, 5) is 4.05. The fraction of sp³-hybridized carbons (Fsp3) is 0.526. The molecule has 4 heteroatoms. The highest BCUT2D eigenvalue weighted by atomic mass is 16.2. The van der Waals surface area contributed by atoms with E-state index in [9.17, 15) is 0 Å². The van der Waals surface area contributed by atoms with Crippen LogP contribution in [0.2, 0.25) is 0 Å². The molecule has 0 saturated carbocycles. The summed E-state index contributed by atoms with van der Waals surface area (Å²) in [7, 11) is 0. The van der Waals surface area contributed by atoms with E-state index in [1.165, 1.54) is 11.1 Å². The van der Waals surface area contributed by atoms with E-state index in [-0.39, 0.29) is 0 Å². The quantitative estimate of drug-likeness (QED) is 0.627. The van der Waals surface area contributed by atoms with Gasteiger partial charge in [-0.3, -0.25) is 0 Å². The van der Waals surface area contributed by atoms with Gasteiger partial charge in [0.05, 0.1) is 6.33 Å². The van der Waals surface area contributed by atoms with E-state index in [0.717, 1.165) is 45.3 Å². The van der Waals surface area contributed by atoms with Crippen molar-refractivity contribution in [3.63, 3.8) is 0 Å². The molecule has 1 heterocycles. The van der Waals surface area contributed by atoms with Crippen LogP contribution in [0.1, 0.15) is 43.2 Å². The molecular weight excluding hydrogens is 286 g/mol. The highest BCUT2D eigenvalue weighted by molar-refractivity contribution is 5.25.